The van der Waals surface area contributed by atoms with Crippen LogP contribution in [0, 0.1) is 0 Å². The molecule has 120 valence electrons. The Hall–Kier alpha value is -2.37. The standard InChI is InChI=1S/C10H7F3N2O6S/c1-2-19-9(16)7-6(21-22(17,18)10(11,12)13)5-3-14-4-15-8(5)20-7/h3-4H,2H2,1H3. The molecule has 0 unspecified atom stereocenters. The predicted molar refractivity (Wildman–Crippen MR) is 63.4 cm³/mol. The highest BCUT2D eigenvalue weighted by atomic mass is 32.2. The summed E-state index contributed by atoms with van der Waals surface area (Å²) in [6.07, 6.45) is 1.93. The Morgan fingerprint density at radius 3 is 2.68 bits per heavy atom. The van der Waals surface area contributed by atoms with Crippen LogP contribution in [-0.2, 0) is 14.9 Å². The van der Waals surface area contributed by atoms with Crippen molar-refractivity contribution in [3.05, 3.63) is 18.3 Å². The Morgan fingerprint density at radius 1 is 1.41 bits per heavy atom. The van der Waals surface area contributed by atoms with E-state index in [9.17, 15) is 26.4 Å². The van der Waals surface area contributed by atoms with E-state index in [0.717, 1.165) is 12.5 Å². The van der Waals surface area contributed by atoms with Crippen LogP contribution in [0.1, 0.15) is 17.5 Å². The molecule has 0 saturated heterocycles. The van der Waals surface area contributed by atoms with Crippen molar-refractivity contribution in [3.8, 4) is 5.75 Å². The number of hydrogen-bond donors (Lipinski definition) is 0. The maximum absolute atomic E-state index is 12.4. The number of fused-ring (bicyclic) bond motifs is 1. The van der Waals surface area contributed by atoms with E-state index >= 15 is 0 Å². The lowest BCUT2D eigenvalue weighted by Gasteiger charge is -2.09. The molecule has 12 heteroatoms. The molecule has 0 atom stereocenters. The van der Waals surface area contributed by atoms with Crippen molar-refractivity contribution in [2.45, 2.75) is 12.4 Å². The van der Waals surface area contributed by atoms with Gasteiger partial charge in [0.2, 0.25) is 11.5 Å². The molecule has 0 saturated carbocycles. The third-order valence-corrected chi connectivity index (χ3v) is 3.22. The Kier molecular flexibility index (Phi) is 3.96. The molecule has 0 N–H and O–H groups in total. The highest BCUT2D eigenvalue weighted by molar-refractivity contribution is 7.88. The lowest BCUT2D eigenvalue weighted by Crippen LogP contribution is -2.28. The van der Waals surface area contributed by atoms with Crippen LogP contribution in [0.4, 0.5) is 13.2 Å². The van der Waals surface area contributed by atoms with Crippen LogP contribution < -0.4 is 4.18 Å². The Morgan fingerprint density at radius 2 is 2.09 bits per heavy atom. The summed E-state index contributed by atoms with van der Waals surface area (Å²) in [5.74, 6) is -3.04. The van der Waals surface area contributed by atoms with Crippen molar-refractivity contribution in [2.75, 3.05) is 6.61 Å². The summed E-state index contributed by atoms with van der Waals surface area (Å²) in [6, 6.07) is 0. The van der Waals surface area contributed by atoms with Gasteiger partial charge in [-0.05, 0) is 6.92 Å². The molecule has 0 spiro atoms. The van der Waals surface area contributed by atoms with Crippen LogP contribution >= 0.6 is 0 Å². The second kappa shape index (κ2) is 5.44. The van der Waals surface area contributed by atoms with E-state index in [2.05, 4.69) is 18.9 Å². The SMILES string of the molecule is CCOC(=O)c1oc2ncncc2c1OS(=O)(=O)C(F)(F)F. The second-order valence-corrected chi connectivity index (χ2v) is 5.24. The third-order valence-electron chi connectivity index (χ3n) is 2.26. The van der Waals surface area contributed by atoms with Crippen molar-refractivity contribution < 1.29 is 39.7 Å². The first-order valence-electron chi connectivity index (χ1n) is 5.57. The number of carbonyl (C=O) groups excluding carboxylic acids is 1. The molecular formula is C10H7F3N2O6S. The number of halogens is 3. The fourth-order valence-electron chi connectivity index (χ4n) is 1.39. The minimum atomic E-state index is -6.01. The Bertz CT molecular complexity index is 814. The van der Waals surface area contributed by atoms with Crippen molar-refractivity contribution in [1.82, 2.24) is 9.97 Å². The predicted octanol–water partition coefficient (Wildman–Crippen LogP) is 1.63. The Labute approximate surface area is 121 Å². The largest absolute Gasteiger partial charge is 0.534 e. The van der Waals surface area contributed by atoms with E-state index in [1.807, 2.05) is 0 Å². The molecule has 2 rings (SSSR count). The number of alkyl halides is 3. The first kappa shape index (κ1) is 16.0. The van der Waals surface area contributed by atoms with E-state index in [1.165, 1.54) is 6.92 Å². The monoisotopic (exact) mass is 340 g/mol. The molecule has 0 amide bonds. The van der Waals surface area contributed by atoms with Crippen LogP contribution in [0.25, 0.3) is 11.1 Å². The number of hydrogen-bond acceptors (Lipinski definition) is 8. The van der Waals surface area contributed by atoms with Gasteiger partial charge in [0.05, 0.1) is 6.61 Å². The summed E-state index contributed by atoms with van der Waals surface area (Å²) >= 11 is 0. The van der Waals surface area contributed by atoms with Crippen LogP contribution in [0.3, 0.4) is 0 Å². The van der Waals surface area contributed by atoms with Gasteiger partial charge in [-0.15, -0.1) is 0 Å². The van der Waals surface area contributed by atoms with E-state index < -0.39 is 33.1 Å². The average molecular weight is 340 g/mol. The summed E-state index contributed by atoms with van der Waals surface area (Å²) in [4.78, 5) is 18.7. The van der Waals surface area contributed by atoms with Crippen LogP contribution in [0.2, 0.25) is 0 Å². The molecule has 2 aromatic rings. The van der Waals surface area contributed by atoms with Crippen molar-refractivity contribution in [1.29, 1.82) is 0 Å². The normalized spacial score (nSPS) is 12.4. The lowest BCUT2D eigenvalue weighted by molar-refractivity contribution is -0.0500. The van der Waals surface area contributed by atoms with Gasteiger partial charge in [-0.3, -0.25) is 0 Å². The van der Waals surface area contributed by atoms with Gasteiger partial charge in [0, 0.05) is 6.20 Å². The summed E-state index contributed by atoms with van der Waals surface area (Å²) in [6.45, 7) is 1.32. The third kappa shape index (κ3) is 2.81. The molecule has 2 aromatic heterocycles. The number of aromatic nitrogens is 2. The first-order valence-corrected chi connectivity index (χ1v) is 6.98. The van der Waals surface area contributed by atoms with Gasteiger partial charge in [0.15, 0.2) is 0 Å². The van der Waals surface area contributed by atoms with Gasteiger partial charge < -0.3 is 13.3 Å². The molecule has 2 heterocycles. The van der Waals surface area contributed by atoms with Crippen molar-refractivity contribution in [2.24, 2.45) is 0 Å². The van der Waals surface area contributed by atoms with E-state index in [1.54, 1.807) is 0 Å². The second-order valence-electron chi connectivity index (χ2n) is 3.71. The highest BCUT2D eigenvalue weighted by Gasteiger charge is 2.49. The van der Waals surface area contributed by atoms with Gasteiger partial charge in [0.1, 0.15) is 11.7 Å². The minimum Gasteiger partial charge on any atom is -0.460 e. The maximum atomic E-state index is 12.4. The summed E-state index contributed by atoms with van der Waals surface area (Å²) in [5.41, 5.74) is -6.01. The number of ether oxygens (including phenoxy) is 1. The van der Waals surface area contributed by atoms with E-state index in [0.29, 0.717) is 0 Å². The smallest absolute Gasteiger partial charge is 0.460 e. The Balaban J connectivity index is 2.60. The minimum absolute atomic E-state index is 0.118. The van der Waals surface area contributed by atoms with Crippen molar-refractivity contribution >= 4 is 27.2 Å². The molecule has 0 radical (unpaired) electrons. The molecular weight excluding hydrogens is 333 g/mol. The van der Waals surface area contributed by atoms with Gasteiger partial charge in [-0.1, -0.05) is 0 Å². The number of rotatable bonds is 4. The van der Waals surface area contributed by atoms with Gasteiger partial charge in [0.25, 0.3) is 5.76 Å². The molecule has 0 aliphatic rings. The number of nitrogens with zero attached hydrogens (tertiary/aromatic N) is 2. The fourth-order valence-corrected chi connectivity index (χ4v) is 1.87. The molecule has 0 aliphatic heterocycles. The van der Waals surface area contributed by atoms with Crippen LogP contribution in [-0.4, -0.2) is 36.5 Å². The van der Waals surface area contributed by atoms with Crippen LogP contribution in [0.5, 0.6) is 5.75 Å². The topological polar surface area (TPSA) is 109 Å². The lowest BCUT2D eigenvalue weighted by atomic mass is 10.3. The zero-order chi connectivity index (χ0) is 16.5. The molecule has 0 aromatic carbocycles. The van der Waals surface area contributed by atoms with E-state index in [-0.39, 0.29) is 17.7 Å². The first-order chi connectivity index (χ1) is 10.2. The maximum Gasteiger partial charge on any atom is 0.534 e. The zero-order valence-corrected chi connectivity index (χ0v) is 11.6. The number of carbonyl (C=O) groups is 1. The zero-order valence-electron chi connectivity index (χ0n) is 10.7. The molecule has 0 fully saturated rings. The summed E-state index contributed by atoms with van der Waals surface area (Å²) in [5, 5.41) is -0.321. The summed E-state index contributed by atoms with van der Waals surface area (Å²) < 4.78 is 72.9. The quantitative estimate of drug-likeness (QED) is 0.469. The van der Waals surface area contributed by atoms with E-state index in [4.69, 9.17) is 4.42 Å². The van der Waals surface area contributed by atoms with Gasteiger partial charge in [-0.25, -0.2) is 14.8 Å². The molecule has 22 heavy (non-hydrogen) atoms. The average Bonchev–Trinajstić information content (AvgIpc) is 2.76. The number of furan rings is 1. The fraction of sp³-hybridized carbons (Fsp3) is 0.300. The van der Waals surface area contributed by atoms with Crippen molar-refractivity contribution in [3.63, 3.8) is 0 Å². The van der Waals surface area contributed by atoms with Gasteiger partial charge in [-0.2, -0.15) is 21.6 Å². The van der Waals surface area contributed by atoms with Crippen LogP contribution in [0.15, 0.2) is 16.9 Å². The molecule has 8 nitrogen and oxygen atoms in total. The molecule has 0 aliphatic carbocycles. The number of esters is 1. The molecule has 0 bridgehead atoms. The van der Waals surface area contributed by atoms with Gasteiger partial charge >= 0.3 is 21.6 Å². The highest BCUT2D eigenvalue weighted by Crippen LogP contribution is 2.36. The summed E-state index contributed by atoms with van der Waals surface area (Å²) in [7, 11) is -6.01.